The number of pyridine rings is 1. The van der Waals surface area contributed by atoms with Gasteiger partial charge in [0.15, 0.2) is 0 Å². The Bertz CT molecular complexity index is 565. The number of hydrogen-bond acceptors (Lipinski definition) is 3. The minimum absolute atomic E-state index is 0.0913. The molecule has 0 bridgehead atoms. The topological polar surface area (TPSA) is 63.1 Å². The van der Waals surface area contributed by atoms with E-state index in [2.05, 4.69) is 10.6 Å². The molecule has 21 heavy (non-hydrogen) atoms. The third-order valence-electron chi connectivity index (χ3n) is 4.28. The molecule has 5 heteroatoms. The van der Waals surface area contributed by atoms with E-state index >= 15 is 0 Å². The van der Waals surface area contributed by atoms with Crippen molar-refractivity contribution >= 4 is 5.91 Å². The first-order valence-corrected chi connectivity index (χ1v) is 7.76. The Balaban J connectivity index is 2.27. The van der Waals surface area contributed by atoms with E-state index in [1.54, 1.807) is 10.6 Å². The molecule has 0 radical (unpaired) electrons. The molecule has 2 unspecified atom stereocenters. The maximum atomic E-state index is 12.1. The smallest absolute Gasteiger partial charge is 0.251 e. The Kier molecular flexibility index (Phi) is 5.17. The van der Waals surface area contributed by atoms with Crippen LogP contribution in [0.2, 0.25) is 0 Å². The second-order valence-corrected chi connectivity index (χ2v) is 5.77. The predicted molar refractivity (Wildman–Crippen MR) is 83.3 cm³/mol. The van der Waals surface area contributed by atoms with Gasteiger partial charge in [-0.3, -0.25) is 9.59 Å². The summed E-state index contributed by atoms with van der Waals surface area (Å²) in [7, 11) is 1.94. The normalized spacial score (nSPS) is 18.9. The molecule has 0 spiro atoms. The molecule has 1 aliphatic carbocycles. The highest BCUT2D eigenvalue weighted by Gasteiger charge is 2.22. The minimum atomic E-state index is -0.0928. The summed E-state index contributed by atoms with van der Waals surface area (Å²) in [6.07, 6.45) is 3.85. The van der Waals surface area contributed by atoms with Crippen LogP contribution in [0.15, 0.2) is 16.9 Å². The average Bonchev–Trinajstić information content (AvgIpc) is 2.49. The van der Waals surface area contributed by atoms with Gasteiger partial charge in [0.1, 0.15) is 6.54 Å². The van der Waals surface area contributed by atoms with E-state index < -0.39 is 0 Å². The zero-order valence-electron chi connectivity index (χ0n) is 13.1. The average molecular weight is 291 g/mol. The minimum Gasteiger partial charge on any atom is -0.352 e. The van der Waals surface area contributed by atoms with Crippen LogP contribution < -0.4 is 16.2 Å². The quantitative estimate of drug-likeness (QED) is 0.861. The maximum Gasteiger partial charge on any atom is 0.251 e. The molecular weight excluding hydrogens is 266 g/mol. The van der Waals surface area contributed by atoms with E-state index in [1.165, 1.54) is 0 Å². The zero-order valence-corrected chi connectivity index (χ0v) is 13.1. The molecule has 1 heterocycles. The van der Waals surface area contributed by atoms with Crippen LogP contribution in [0.5, 0.6) is 0 Å². The van der Waals surface area contributed by atoms with Gasteiger partial charge in [-0.1, -0.05) is 13.0 Å². The highest BCUT2D eigenvalue weighted by molar-refractivity contribution is 5.76. The van der Waals surface area contributed by atoms with Crippen LogP contribution >= 0.6 is 0 Å². The number of aromatic nitrogens is 1. The fourth-order valence-electron chi connectivity index (χ4n) is 2.90. The molecule has 1 aromatic rings. The highest BCUT2D eigenvalue weighted by Crippen LogP contribution is 2.28. The summed E-state index contributed by atoms with van der Waals surface area (Å²) in [5.41, 5.74) is 2.07. The van der Waals surface area contributed by atoms with Crippen LogP contribution in [0.3, 0.4) is 0 Å². The van der Waals surface area contributed by atoms with Crippen LogP contribution in [-0.2, 0) is 17.8 Å². The molecule has 0 aliphatic heterocycles. The largest absolute Gasteiger partial charge is 0.352 e. The van der Waals surface area contributed by atoms with E-state index in [0.29, 0.717) is 0 Å². The van der Waals surface area contributed by atoms with Crippen molar-refractivity contribution < 1.29 is 4.79 Å². The van der Waals surface area contributed by atoms with Crippen molar-refractivity contribution in [2.75, 3.05) is 7.05 Å². The number of carbonyl (C=O) groups excluding carboxylic acids is 1. The molecule has 116 valence electrons. The van der Waals surface area contributed by atoms with Crippen LogP contribution in [0.1, 0.15) is 50.4 Å². The van der Waals surface area contributed by atoms with Crippen LogP contribution in [0.25, 0.3) is 0 Å². The first-order valence-electron chi connectivity index (χ1n) is 7.76. The monoisotopic (exact) mass is 291 g/mol. The van der Waals surface area contributed by atoms with Gasteiger partial charge in [0, 0.05) is 23.8 Å². The Morgan fingerprint density at radius 2 is 2.24 bits per heavy atom. The molecule has 0 fully saturated rings. The second-order valence-electron chi connectivity index (χ2n) is 5.77. The summed E-state index contributed by atoms with van der Waals surface area (Å²) in [5.74, 6) is -0.0913. The molecular formula is C16H25N3O2. The van der Waals surface area contributed by atoms with Gasteiger partial charge in [-0.2, -0.15) is 0 Å². The Hall–Kier alpha value is -1.62. The van der Waals surface area contributed by atoms with Crippen LogP contribution in [0, 0.1) is 0 Å². The molecule has 1 aliphatic rings. The van der Waals surface area contributed by atoms with Crippen molar-refractivity contribution in [1.82, 2.24) is 15.2 Å². The lowest BCUT2D eigenvalue weighted by Gasteiger charge is -2.27. The van der Waals surface area contributed by atoms with E-state index in [1.807, 2.05) is 27.0 Å². The fraction of sp³-hybridized carbons (Fsp3) is 0.625. The van der Waals surface area contributed by atoms with Gasteiger partial charge in [-0.15, -0.1) is 0 Å². The third kappa shape index (κ3) is 3.53. The van der Waals surface area contributed by atoms with Gasteiger partial charge in [-0.05, 0) is 45.2 Å². The summed E-state index contributed by atoms with van der Waals surface area (Å²) < 4.78 is 1.64. The number of hydrogen-bond donors (Lipinski definition) is 2. The maximum absolute atomic E-state index is 12.1. The standard InChI is InChI=1S/C16H25N3O2/c1-4-11(2)18-15(20)10-19-14-7-5-6-13(17-3)12(14)8-9-16(19)21/h8-9,11,13,17H,4-7,10H2,1-3H3,(H,18,20). The number of nitrogens with one attached hydrogen (secondary N) is 2. The molecule has 2 rings (SSSR count). The summed E-state index contributed by atoms with van der Waals surface area (Å²) >= 11 is 0. The molecule has 0 aromatic carbocycles. The summed E-state index contributed by atoms with van der Waals surface area (Å²) in [6.45, 7) is 4.11. The van der Waals surface area contributed by atoms with Crippen molar-refractivity contribution in [1.29, 1.82) is 0 Å². The van der Waals surface area contributed by atoms with Crippen LogP contribution in [0.4, 0.5) is 0 Å². The first kappa shape index (κ1) is 15.8. The van der Waals surface area contributed by atoms with Gasteiger partial charge in [0.25, 0.3) is 5.56 Å². The van der Waals surface area contributed by atoms with Crippen molar-refractivity contribution in [3.8, 4) is 0 Å². The number of amides is 1. The summed E-state index contributed by atoms with van der Waals surface area (Å²) in [6, 6.07) is 3.89. The first-order chi connectivity index (χ1) is 10.1. The summed E-state index contributed by atoms with van der Waals surface area (Å²) in [4.78, 5) is 24.2. The Morgan fingerprint density at radius 3 is 2.90 bits per heavy atom. The Labute approximate surface area is 125 Å². The van der Waals surface area contributed by atoms with E-state index in [4.69, 9.17) is 0 Å². The molecule has 0 saturated heterocycles. The van der Waals surface area contributed by atoms with Gasteiger partial charge in [0.05, 0.1) is 0 Å². The van der Waals surface area contributed by atoms with Gasteiger partial charge in [-0.25, -0.2) is 0 Å². The van der Waals surface area contributed by atoms with Crippen molar-refractivity contribution in [3.63, 3.8) is 0 Å². The molecule has 5 nitrogen and oxygen atoms in total. The lowest BCUT2D eigenvalue weighted by molar-refractivity contribution is -0.122. The molecule has 2 N–H and O–H groups in total. The Morgan fingerprint density at radius 1 is 1.48 bits per heavy atom. The number of fused-ring (bicyclic) bond motifs is 1. The van der Waals surface area contributed by atoms with Gasteiger partial charge >= 0.3 is 0 Å². The highest BCUT2D eigenvalue weighted by atomic mass is 16.2. The lowest BCUT2D eigenvalue weighted by Crippen LogP contribution is -2.39. The van der Waals surface area contributed by atoms with Crippen molar-refractivity contribution in [2.24, 2.45) is 0 Å². The third-order valence-corrected chi connectivity index (χ3v) is 4.28. The van der Waals surface area contributed by atoms with E-state index in [-0.39, 0.29) is 30.1 Å². The number of rotatable bonds is 5. The van der Waals surface area contributed by atoms with E-state index in [0.717, 1.165) is 36.9 Å². The van der Waals surface area contributed by atoms with Crippen molar-refractivity contribution in [2.45, 2.75) is 58.2 Å². The fourth-order valence-corrected chi connectivity index (χ4v) is 2.90. The SMILES string of the molecule is CCC(C)NC(=O)Cn1c2c(ccc1=O)C(NC)CCC2. The number of nitrogens with zero attached hydrogens (tertiary/aromatic N) is 1. The molecule has 2 atom stereocenters. The van der Waals surface area contributed by atoms with Gasteiger partial charge < -0.3 is 15.2 Å². The zero-order chi connectivity index (χ0) is 15.4. The predicted octanol–water partition coefficient (Wildman–Crippen LogP) is 1.36. The lowest BCUT2D eigenvalue weighted by atomic mass is 9.91. The van der Waals surface area contributed by atoms with E-state index in [9.17, 15) is 9.59 Å². The molecule has 0 saturated carbocycles. The number of carbonyl (C=O) groups is 1. The van der Waals surface area contributed by atoms with Crippen molar-refractivity contribution in [3.05, 3.63) is 33.7 Å². The van der Waals surface area contributed by atoms with Gasteiger partial charge in [0.2, 0.25) is 5.91 Å². The molecule has 1 amide bonds. The second kappa shape index (κ2) is 6.89. The van der Waals surface area contributed by atoms with Crippen LogP contribution in [-0.4, -0.2) is 23.6 Å². The molecule has 1 aromatic heterocycles. The summed E-state index contributed by atoms with van der Waals surface area (Å²) in [5, 5.41) is 6.21.